The molecule has 0 bridgehead atoms. The Morgan fingerprint density at radius 3 is 2.77 bits per heavy atom. The van der Waals surface area contributed by atoms with Gasteiger partial charge in [-0.2, -0.15) is 5.26 Å². The van der Waals surface area contributed by atoms with Crippen LogP contribution in [0, 0.1) is 11.3 Å². The topological polar surface area (TPSA) is 87.7 Å². The fourth-order valence-corrected chi connectivity index (χ4v) is 4.64. The number of nitrogens with zero attached hydrogens (tertiary/aromatic N) is 6. The fourth-order valence-electron chi connectivity index (χ4n) is 4.48. The predicted molar refractivity (Wildman–Crippen MR) is 115 cm³/mol. The summed E-state index contributed by atoms with van der Waals surface area (Å²) in [7, 11) is 0. The first-order chi connectivity index (χ1) is 15.1. The van der Waals surface area contributed by atoms with E-state index in [1.807, 2.05) is 34.9 Å². The molecule has 1 spiro atoms. The molecular weight excluding hydrogens is 412 g/mol. The molecule has 150 valence electrons. The first-order valence-corrected chi connectivity index (χ1v) is 10.3. The van der Waals surface area contributed by atoms with E-state index in [9.17, 15) is 4.79 Å². The number of anilines is 1. The van der Waals surface area contributed by atoms with Crippen molar-refractivity contribution in [1.29, 1.82) is 5.26 Å². The van der Waals surface area contributed by atoms with Gasteiger partial charge in [0.25, 0.3) is 0 Å². The van der Waals surface area contributed by atoms with Crippen LogP contribution in [0.3, 0.4) is 0 Å². The number of imidazole rings is 1. The third kappa shape index (κ3) is 2.58. The lowest BCUT2D eigenvalue weighted by atomic mass is 9.99. The van der Waals surface area contributed by atoms with Gasteiger partial charge in [0.1, 0.15) is 17.6 Å². The van der Waals surface area contributed by atoms with Crippen molar-refractivity contribution < 1.29 is 4.79 Å². The Morgan fingerprint density at radius 1 is 1.16 bits per heavy atom. The van der Waals surface area contributed by atoms with Crippen LogP contribution >= 0.6 is 11.6 Å². The Balaban J connectivity index is 1.50. The molecule has 0 N–H and O–H groups in total. The Bertz CT molecular complexity index is 1410. The summed E-state index contributed by atoms with van der Waals surface area (Å²) in [6, 6.07) is 13.0. The van der Waals surface area contributed by atoms with E-state index in [1.165, 1.54) is 0 Å². The van der Waals surface area contributed by atoms with Crippen molar-refractivity contribution >= 4 is 34.2 Å². The molecule has 6 rings (SSSR count). The summed E-state index contributed by atoms with van der Waals surface area (Å²) in [6.07, 6.45) is 6.88. The molecule has 7 nitrogen and oxygen atoms in total. The van der Waals surface area contributed by atoms with Gasteiger partial charge in [-0.25, -0.2) is 9.97 Å². The highest BCUT2D eigenvalue weighted by Crippen LogP contribution is 2.57. The van der Waals surface area contributed by atoms with Gasteiger partial charge >= 0.3 is 0 Å². The molecule has 31 heavy (non-hydrogen) atoms. The van der Waals surface area contributed by atoms with Crippen LogP contribution in [0.4, 0.5) is 5.69 Å². The van der Waals surface area contributed by atoms with Gasteiger partial charge in [0.15, 0.2) is 0 Å². The molecule has 8 heteroatoms. The molecule has 4 aromatic rings. The number of benzene rings is 1. The van der Waals surface area contributed by atoms with Gasteiger partial charge in [-0.05, 0) is 54.8 Å². The van der Waals surface area contributed by atoms with E-state index in [2.05, 4.69) is 9.97 Å². The molecule has 1 saturated carbocycles. The Hall–Kier alpha value is -3.76. The number of hydrogen-bond acceptors (Lipinski definition) is 5. The second-order valence-corrected chi connectivity index (χ2v) is 8.31. The first-order valence-electron chi connectivity index (χ1n) is 9.91. The lowest BCUT2D eigenvalue weighted by Crippen LogP contribution is -2.32. The van der Waals surface area contributed by atoms with Crippen molar-refractivity contribution in [2.24, 2.45) is 0 Å². The normalized spacial score (nSPS) is 16.0. The summed E-state index contributed by atoms with van der Waals surface area (Å²) in [6.45, 7) is 0.297. The van der Waals surface area contributed by atoms with Gasteiger partial charge < -0.3 is 4.90 Å². The number of nitriles is 1. The first kappa shape index (κ1) is 18.0. The standard InChI is InChI=1S/C23H15ClN6O/c24-14-1-4-19-18(9-14)28-21(30(19)16-3-2-15(10-25)27-11-16)13-29-20-12-26-8-5-17(20)23(6-7-23)22(29)31/h1-5,8-9,11-12H,6-7,13H2. The quantitative estimate of drug-likeness (QED) is 0.495. The van der Waals surface area contributed by atoms with Crippen molar-refractivity contribution in [2.75, 3.05) is 4.90 Å². The van der Waals surface area contributed by atoms with Crippen LogP contribution in [-0.4, -0.2) is 25.4 Å². The van der Waals surface area contributed by atoms with E-state index in [0.29, 0.717) is 23.1 Å². The van der Waals surface area contributed by atoms with E-state index in [0.717, 1.165) is 40.8 Å². The second kappa shape index (κ2) is 6.37. The number of aromatic nitrogens is 4. The predicted octanol–water partition coefficient (Wildman–Crippen LogP) is 3.92. The van der Waals surface area contributed by atoms with Crippen LogP contribution in [0.1, 0.15) is 29.9 Å². The lowest BCUT2D eigenvalue weighted by molar-refractivity contribution is -0.120. The van der Waals surface area contributed by atoms with E-state index in [1.54, 1.807) is 35.6 Å². The van der Waals surface area contributed by atoms with Crippen LogP contribution in [-0.2, 0) is 16.8 Å². The van der Waals surface area contributed by atoms with Crippen molar-refractivity contribution in [2.45, 2.75) is 24.8 Å². The molecule has 3 aromatic heterocycles. The zero-order chi connectivity index (χ0) is 21.2. The average molecular weight is 427 g/mol. The maximum absolute atomic E-state index is 13.3. The van der Waals surface area contributed by atoms with Crippen LogP contribution < -0.4 is 4.90 Å². The lowest BCUT2D eigenvalue weighted by Gasteiger charge is -2.18. The largest absolute Gasteiger partial charge is 0.302 e. The molecule has 1 amide bonds. The zero-order valence-corrected chi connectivity index (χ0v) is 17.0. The second-order valence-electron chi connectivity index (χ2n) is 7.88. The fraction of sp³-hybridized carbons (Fsp3) is 0.174. The number of rotatable bonds is 3. The monoisotopic (exact) mass is 426 g/mol. The number of pyridine rings is 2. The van der Waals surface area contributed by atoms with E-state index < -0.39 is 5.41 Å². The van der Waals surface area contributed by atoms with Crippen molar-refractivity contribution in [3.05, 3.63) is 77.1 Å². The molecular formula is C23H15ClN6O. The molecule has 1 aliphatic carbocycles. The van der Waals surface area contributed by atoms with Crippen LogP contribution in [0.25, 0.3) is 16.7 Å². The van der Waals surface area contributed by atoms with Gasteiger partial charge in [0, 0.05) is 11.2 Å². The highest BCUT2D eigenvalue weighted by molar-refractivity contribution is 6.31. The minimum Gasteiger partial charge on any atom is -0.302 e. The van der Waals surface area contributed by atoms with E-state index >= 15 is 0 Å². The highest BCUT2D eigenvalue weighted by Gasteiger charge is 2.59. The summed E-state index contributed by atoms with van der Waals surface area (Å²) in [5, 5.41) is 9.67. The third-order valence-corrected chi connectivity index (χ3v) is 6.35. The summed E-state index contributed by atoms with van der Waals surface area (Å²) >= 11 is 6.20. The Kier molecular flexibility index (Phi) is 3.71. The van der Waals surface area contributed by atoms with E-state index in [-0.39, 0.29) is 5.91 Å². The zero-order valence-electron chi connectivity index (χ0n) is 16.3. The van der Waals surface area contributed by atoms with Gasteiger partial charge in [0.05, 0.1) is 46.8 Å². The molecule has 0 atom stereocenters. The molecule has 1 aliphatic heterocycles. The molecule has 2 aliphatic rings. The minimum absolute atomic E-state index is 0.102. The molecule has 1 fully saturated rings. The highest BCUT2D eigenvalue weighted by atomic mass is 35.5. The van der Waals surface area contributed by atoms with Crippen LogP contribution in [0.15, 0.2) is 55.0 Å². The van der Waals surface area contributed by atoms with Gasteiger partial charge in [0.2, 0.25) is 5.91 Å². The smallest absolute Gasteiger partial charge is 0.238 e. The summed E-state index contributed by atoms with van der Waals surface area (Å²) in [5.41, 5.74) is 4.18. The number of carbonyl (C=O) groups is 1. The number of fused-ring (bicyclic) bond motifs is 3. The van der Waals surface area contributed by atoms with E-state index in [4.69, 9.17) is 21.8 Å². The average Bonchev–Trinajstić information content (AvgIpc) is 3.48. The molecule has 1 aromatic carbocycles. The van der Waals surface area contributed by atoms with Crippen LogP contribution in [0.5, 0.6) is 0 Å². The van der Waals surface area contributed by atoms with Gasteiger partial charge in [-0.3, -0.25) is 14.3 Å². The summed E-state index contributed by atoms with van der Waals surface area (Å²) in [5.74, 6) is 0.787. The van der Waals surface area contributed by atoms with Gasteiger partial charge in [-0.1, -0.05) is 11.6 Å². The number of halogens is 1. The molecule has 4 heterocycles. The Morgan fingerprint density at radius 2 is 2.03 bits per heavy atom. The Labute approximate surface area is 182 Å². The number of carbonyl (C=O) groups excluding carboxylic acids is 1. The number of amides is 1. The maximum atomic E-state index is 13.3. The van der Waals surface area contributed by atoms with Crippen molar-refractivity contribution in [1.82, 2.24) is 19.5 Å². The summed E-state index contributed by atoms with van der Waals surface area (Å²) < 4.78 is 1.96. The van der Waals surface area contributed by atoms with Gasteiger partial charge in [-0.15, -0.1) is 0 Å². The minimum atomic E-state index is -0.394. The summed E-state index contributed by atoms with van der Waals surface area (Å²) in [4.78, 5) is 28.4. The van der Waals surface area contributed by atoms with Crippen molar-refractivity contribution in [3.63, 3.8) is 0 Å². The van der Waals surface area contributed by atoms with Crippen LogP contribution in [0.2, 0.25) is 5.02 Å². The SMILES string of the molecule is N#Cc1ccc(-n2c(CN3C(=O)C4(CC4)c4ccncc43)nc3cc(Cl)ccc32)cn1. The molecule has 0 saturated heterocycles. The molecule has 0 radical (unpaired) electrons. The van der Waals surface area contributed by atoms with Crippen molar-refractivity contribution in [3.8, 4) is 11.8 Å². The number of hydrogen-bond donors (Lipinski definition) is 0. The third-order valence-electron chi connectivity index (χ3n) is 6.12. The molecule has 0 unspecified atom stereocenters. The maximum Gasteiger partial charge on any atom is 0.238 e.